The van der Waals surface area contributed by atoms with Crippen LogP contribution in [0.25, 0.3) is 0 Å². The van der Waals surface area contributed by atoms with Gasteiger partial charge in [-0.15, -0.1) is 0 Å². The van der Waals surface area contributed by atoms with Crippen molar-refractivity contribution in [1.29, 1.82) is 0 Å². The van der Waals surface area contributed by atoms with Crippen molar-refractivity contribution in [3.05, 3.63) is 68.7 Å². The zero-order valence-electron chi connectivity index (χ0n) is 13.1. The first-order valence-corrected chi connectivity index (χ1v) is 7.47. The van der Waals surface area contributed by atoms with Crippen LogP contribution < -0.4 is 15.6 Å². The number of non-ortho nitro benzene ring substituents is 1. The van der Waals surface area contributed by atoms with Crippen LogP contribution >= 0.6 is 11.6 Å². The summed E-state index contributed by atoms with van der Waals surface area (Å²) in [7, 11) is 0. The van der Waals surface area contributed by atoms with Gasteiger partial charge >= 0.3 is 0 Å². The van der Waals surface area contributed by atoms with E-state index in [9.17, 15) is 19.7 Å². The number of hydrazine groups is 1. The van der Waals surface area contributed by atoms with E-state index in [4.69, 9.17) is 16.3 Å². The second kappa shape index (κ2) is 8.11. The number of carbonyl (C=O) groups is 2. The van der Waals surface area contributed by atoms with Gasteiger partial charge in [-0.2, -0.15) is 0 Å². The zero-order valence-corrected chi connectivity index (χ0v) is 13.9. The summed E-state index contributed by atoms with van der Waals surface area (Å²) in [5.74, 6) is -0.780. The molecule has 8 nitrogen and oxygen atoms in total. The Balaban J connectivity index is 1.86. The lowest BCUT2D eigenvalue weighted by atomic mass is 10.2. The molecule has 0 aromatic heterocycles. The average Bonchev–Trinajstić information content (AvgIpc) is 2.59. The Labute approximate surface area is 147 Å². The highest BCUT2D eigenvalue weighted by molar-refractivity contribution is 6.30. The standard InChI is InChI=1S/C16H14ClN3O5/c1-10-7-12(17)5-6-14(10)25-9-15(21)18-19-16(22)11-3-2-4-13(8-11)20(23)24/h2-8H,9H2,1H3,(H,18,21)(H,19,22). The van der Waals surface area contributed by atoms with Gasteiger partial charge in [-0.1, -0.05) is 17.7 Å². The Bertz CT molecular complexity index is 825. The molecule has 130 valence electrons. The number of ether oxygens (including phenoxy) is 1. The Morgan fingerprint density at radius 1 is 1.20 bits per heavy atom. The summed E-state index contributed by atoms with van der Waals surface area (Å²) in [5, 5.41) is 11.2. The molecule has 2 rings (SSSR count). The van der Waals surface area contributed by atoms with E-state index >= 15 is 0 Å². The summed E-state index contributed by atoms with van der Waals surface area (Å²) in [6, 6.07) is 10.1. The second-order valence-corrected chi connectivity index (χ2v) is 5.44. The van der Waals surface area contributed by atoms with Gasteiger partial charge in [0.1, 0.15) is 5.75 Å². The first-order chi connectivity index (χ1) is 11.9. The van der Waals surface area contributed by atoms with Crippen molar-refractivity contribution in [1.82, 2.24) is 10.9 Å². The van der Waals surface area contributed by atoms with Gasteiger partial charge < -0.3 is 4.74 Å². The van der Waals surface area contributed by atoms with E-state index < -0.39 is 16.7 Å². The maximum atomic E-state index is 11.9. The smallest absolute Gasteiger partial charge is 0.276 e. The Morgan fingerprint density at radius 3 is 2.64 bits per heavy atom. The molecule has 0 aliphatic carbocycles. The van der Waals surface area contributed by atoms with E-state index in [0.29, 0.717) is 10.8 Å². The number of nitro groups is 1. The number of aryl methyl sites for hydroxylation is 1. The fourth-order valence-electron chi connectivity index (χ4n) is 1.91. The van der Waals surface area contributed by atoms with Gasteiger partial charge in [0.25, 0.3) is 17.5 Å². The number of nitrogens with one attached hydrogen (secondary N) is 2. The first-order valence-electron chi connectivity index (χ1n) is 7.09. The van der Waals surface area contributed by atoms with Gasteiger partial charge in [-0.3, -0.25) is 30.6 Å². The number of nitrogens with zero attached hydrogens (tertiary/aromatic N) is 1. The summed E-state index contributed by atoms with van der Waals surface area (Å²) >= 11 is 5.83. The van der Waals surface area contributed by atoms with Crippen LogP contribution in [0.2, 0.25) is 5.02 Å². The van der Waals surface area contributed by atoms with Crippen molar-refractivity contribution in [3.63, 3.8) is 0 Å². The SMILES string of the molecule is Cc1cc(Cl)ccc1OCC(=O)NNC(=O)c1cccc([N+](=O)[O-])c1. The van der Waals surface area contributed by atoms with E-state index in [1.165, 1.54) is 18.2 Å². The van der Waals surface area contributed by atoms with E-state index in [1.54, 1.807) is 25.1 Å². The summed E-state index contributed by atoms with van der Waals surface area (Å²) in [5.41, 5.74) is 4.92. The fraction of sp³-hybridized carbons (Fsp3) is 0.125. The highest BCUT2D eigenvalue weighted by Gasteiger charge is 2.12. The molecule has 9 heteroatoms. The highest BCUT2D eigenvalue weighted by Crippen LogP contribution is 2.21. The van der Waals surface area contributed by atoms with Gasteiger partial charge in [0.2, 0.25) is 0 Å². The van der Waals surface area contributed by atoms with Crippen LogP contribution in [0.15, 0.2) is 42.5 Å². The van der Waals surface area contributed by atoms with E-state index in [0.717, 1.165) is 11.6 Å². The molecule has 2 amide bonds. The van der Waals surface area contributed by atoms with E-state index in [1.807, 2.05) is 0 Å². The summed E-state index contributed by atoms with van der Waals surface area (Å²) in [6.45, 7) is 1.46. The molecule has 2 N–H and O–H groups in total. The molecule has 0 heterocycles. The van der Waals surface area contributed by atoms with Crippen LogP contribution in [0.1, 0.15) is 15.9 Å². The summed E-state index contributed by atoms with van der Waals surface area (Å²) in [6.07, 6.45) is 0. The molecule has 25 heavy (non-hydrogen) atoms. The summed E-state index contributed by atoms with van der Waals surface area (Å²) in [4.78, 5) is 33.7. The maximum Gasteiger partial charge on any atom is 0.276 e. The van der Waals surface area contributed by atoms with Crippen molar-refractivity contribution >= 4 is 29.1 Å². The molecule has 0 spiro atoms. The van der Waals surface area contributed by atoms with Crippen molar-refractivity contribution in [3.8, 4) is 5.75 Å². The predicted octanol–water partition coefficient (Wildman–Crippen LogP) is 2.40. The zero-order chi connectivity index (χ0) is 18.4. The van der Waals surface area contributed by atoms with E-state index in [-0.39, 0.29) is 17.9 Å². The summed E-state index contributed by atoms with van der Waals surface area (Å²) < 4.78 is 5.33. The largest absolute Gasteiger partial charge is 0.483 e. The van der Waals surface area contributed by atoms with Crippen LogP contribution in [0.4, 0.5) is 5.69 Å². The number of hydrogen-bond acceptors (Lipinski definition) is 5. The van der Waals surface area contributed by atoms with Gasteiger partial charge in [0.05, 0.1) is 4.92 Å². The van der Waals surface area contributed by atoms with Crippen molar-refractivity contribution < 1.29 is 19.2 Å². The number of halogens is 1. The molecule has 2 aromatic carbocycles. The number of benzene rings is 2. The van der Waals surface area contributed by atoms with Gasteiger partial charge in [0.15, 0.2) is 6.61 Å². The maximum absolute atomic E-state index is 11.9. The second-order valence-electron chi connectivity index (χ2n) is 5.01. The van der Waals surface area contributed by atoms with Crippen LogP contribution in [0.3, 0.4) is 0 Å². The molecule has 0 fully saturated rings. The minimum Gasteiger partial charge on any atom is -0.483 e. The number of hydrogen-bond donors (Lipinski definition) is 2. The fourth-order valence-corrected chi connectivity index (χ4v) is 2.14. The van der Waals surface area contributed by atoms with Crippen LogP contribution in [-0.4, -0.2) is 23.3 Å². The van der Waals surface area contributed by atoms with Crippen molar-refractivity contribution in [2.75, 3.05) is 6.61 Å². The lowest BCUT2D eigenvalue weighted by molar-refractivity contribution is -0.384. The lowest BCUT2D eigenvalue weighted by Gasteiger charge is -2.10. The quantitative estimate of drug-likeness (QED) is 0.626. The topological polar surface area (TPSA) is 111 Å². The number of carbonyl (C=O) groups excluding carboxylic acids is 2. The van der Waals surface area contributed by atoms with Crippen molar-refractivity contribution in [2.45, 2.75) is 6.92 Å². The number of nitro benzene ring substituents is 1. The minimum atomic E-state index is -0.681. The predicted molar refractivity (Wildman–Crippen MR) is 90.4 cm³/mol. The van der Waals surface area contributed by atoms with Crippen LogP contribution in [0.5, 0.6) is 5.75 Å². The Hall–Kier alpha value is -3.13. The normalized spacial score (nSPS) is 10.0. The van der Waals surface area contributed by atoms with Crippen LogP contribution in [0, 0.1) is 17.0 Å². The third-order valence-corrected chi connectivity index (χ3v) is 3.37. The number of rotatable bonds is 5. The third-order valence-electron chi connectivity index (χ3n) is 3.13. The monoisotopic (exact) mass is 363 g/mol. The molecule has 0 atom stereocenters. The third kappa shape index (κ3) is 5.18. The molecule has 0 unspecified atom stereocenters. The average molecular weight is 364 g/mol. The molecule has 0 aliphatic heterocycles. The minimum absolute atomic E-state index is 0.0453. The lowest BCUT2D eigenvalue weighted by Crippen LogP contribution is -2.43. The molecule has 0 radical (unpaired) electrons. The molecule has 0 saturated carbocycles. The highest BCUT2D eigenvalue weighted by atomic mass is 35.5. The molecule has 0 bridgehead atoms. The molecule has 2 aromatic rings. The Morgan fingerprint density at radius 2 is 1.96 bits per heavy atom. The molecule has 0 aliphatic rings. The first kappa shape index (κ1) is 18.2. The van der Waals surface area contributed by atoms with Gasteiger partial charge in [-0.25, -0.2) is 0 Å². The Kier molecular flexibility index (Phi) is 5.91. The molecule has 0 saturated heterocycles. The van der Waals surface area contributed by atoms with E-state index in [2.05, 4.69) is 10.9 Å². The number of amides is 2. The van der Waals surface area contributed by atoms with Gasteiger partial charge in [0, 0.05) is 22.7 Å². The van der Waals surface area contributed by atoms with Crippen molar-refractivity contribution in [2.24, 2.45) is 0 Å². The van der Waals surface area contributed by atoms with Crippen LogP contribution in [-0.2, 0) is 4.79 Å². The molecular weight excluding hydrogens is 350 g/mol. The molecular formula is C16H14ClN3O5. The van der Waals surface area contributed by atoms with Gasteiger partial charge in [-0.05, 0) is 36.8 Å².